The van der Waals surface area contributed by atoms with Crippen LogP contribution in [0.3, 0.4) is 0 Å². The molecule has 2 aliphatic rings. The zero-order valence-corrected chi connectivity index (χ0v) is 24.7. The van der Waals surface area contributed by atoms with E-state index in [2.05, 4.69) is 21.7 Å². The van der Waals surface area contributed by atoms with E-state index in [0.717, 1.165) is 34.5 Å². The first-order valence-corrected chi connectivity index (χ1v) is 14.1. The fourth-order valence-electron chi connectivity index (χ4n) is 4.70. The minimum absolute atomic E-state index is 0.0762. The van der Waals surface area contributed by atoms with Crippen LogP contribution in [0.4, 0.5) is 0 Å². The van der Waals surface area contributed by atoms with Crippen molar-refractivity contribution >= 4 is 17.4 Å². The van der Waals surface area contributed by atoms with Crippen LogP contribution in [-0.4, -0.2) is 65.7 Å². The molecular formula is C32H41N5O4. The summed E-state index contributed by atoms with van der Waals surface area (Å²) in [5.41, 5.74) is 3.55. The number of rotatable bonds is 9. The molecule has 1 aromatic heterocycles. The number of allylic oxidation sites excluding steroid dienone is 3. The van der Waals surface area contributed by atoms with Gasteiger partial charge < -0.3 is 30.1 Å². The van der Waals surface area contributed by atoms with Crippen LogP contribution in [0.1, 0.15) is 61.5 Å². The van der Waals surface area contributed by atoms with Crippen LogP contribution in [0.5, 0.6) is 5.75 Å². The number of carbonyl (C=O) groups is 1. The van der Waals surface area contributed by atoms with Gasteiger partial charge in [0.25, 0.3) is 5.91 Å². The highest BCUT2D eigenvalue weighted by Gasteiger charge is 2.31. The summed E-state index contributed by atoms with van der Waals surface area (Å²) in [7, 11) is 1.94. The van der Waals surface area contributed by atoms with Gasteiger partial charge in [-0.1, -0.05) is 30.7 Å². The molecule has 2 aromatic rings. The smallest absolute Gasteiger partial charge is 0.251 e. The number of hydrogen-bond donors (Lipinski definition) is 3. The number of aliphatic imine (C=N–C) groups is 1. The van der Waals surface area contributed by atoms with Crippen LogP contribution in [0, 0.1) is 6.92 Å². The lowest BCUT2D eigenvalue weighted by Gasteiger charge is -2.35. The topological polar surface area (TPSA) is 108 Å². The highest BCUT2D eigenvalue weighted by Crippen LogP contribution is 2.31. The highest BCUT2D eigenvalue weighted by atomic mass is 16.5. The largest absolute Gasteiger partial charge is 0.437 e. The number of aromatic nitrogens is 1. The van der Waals surface area contributed by atoms with Crippen molar-refractivity contribution in [2.24, 2.45) is 4.99 Å². The molecule has 0 aliphatic carbocycles. The molecule has 218 valence electrons. The summed E-state index contributed by atoms with van der Waals surface area (Å²) in [6.07, 6.45) is 9.23. The van der Waals surface area contributed by atoms with Crippen molar-refractivity contribution < 1.29 is 19.4 Å². The molecule has 1 amide bonds. The van der Waals surface area contributed by atoms with E-state index in [0.29, 0.717) is 62.2 Å². The first-order chi connectivity index (χ1) is 19.7. The van der Waals surface area contributed by atoms with Gasteiger partial charge in [-0.3, -0.25) is 9.78 Å². The molecule has 2 aliphatic heterocycles. The van der Waals surface area contributed by atoms with Crippen molar-refractivity contribution in [2.45, 2.75) is 52.6 Å². The van der Waals surface area contributed by atoms with Crippen molar-refractivity contribution in [3.8, 4) is 5.75 Å². The maximum absolute atomic E-state index is 12.7. The van der Waals surface area contributed by atoms with Gasteiger partial charge in [0, 0.05) is 69.6 Å². The first-order valence-electron chi connectivity index (χ1n) is 14.1. The number of nitrogens with one attached hydrogen (secondary N) is 2. The molecule has 0 saturated carbocycles. The number of carbonyl (C=O) groups excluding carboxylic acids is 1. The Bertz CT molecular complexity index is 1350. The van der Waals surface area contributed by atoms with Crippen LogP contribution >= 0.6 is 0 Å². The molecule has 1 saturated heterocycles. The van der Waals surface area contributed by atoms with Gasteiger partial charge in [0.1, 0.15) is 17.4 Å². The Balaban J connectivity index is 1.75. The zero-order chi connectivity index (χ0) is 29.4. The molecule has 4 rings (SSSR count). The first kappa shape index (κ1) is 30.0. The molecule has 3 heterocycles. The Labute approximate surface area is 242 Å². The van der Waals surface area contributed by atoms with Gasteiger partial charge in [-0.25, -0.2) is 0 Å². The van der Waals surface area contributed by atoms with Crippen LogP contribution < -0.4 is 15.4 Å². The molecule has 1 aromatic carbocycles. The molecule has 0 bridgehead atoms. The SMILES string of the molecule is CCCNC(=O)c1ccc(/C(C=C(C)C)=C2\N=C(Oc3cccnc3)C=C(NCC3(O)CCOCC3)N2C)cc1C. The summed E-state index contributed by atoms with van der Waals surface area (Å²) < 4.78 is 11.6. The number of ether oxygens (including phenoxy) is 2. The summed E-state index contributed by atoms with van der Waals surface area (Å²) in [5.74, 6) is 2.28. The number of pyridine rings is 1. The summed E-state index contributed by atoms with van der Waals surface area (Å²) in [6, 6.07) is 9.47. The van der Waals surface area contributed by atoms with E-state index in [4.69, 9.17) is 14.5 Å². The molecular weight excluding hydrogens is 518 g/mol. The maximum atomic E-state index is 12.7. The Kier molecular flexibility index (Phi) is 9.96. The fourth-order valence-corrected chi connectivity index (χ4v) is 4.70. The maximum Gasteiger partial charge on any atom is 0.251 e. The van der Waals surface area contributed by atoms with Crippen molar-refractivity contribution in [1.82, 2.24) is 20.5 Å². The monoisotopic (exact) mass is 559 g/mol. The van der Waals surface area contributed by atoms with Crippen LogP contribution in [0.25, 0.3) is 5.57 Å². The summed E-state index contributed by atoms with van der Waals surface area (Å²) in [6.45, 7) is 10.1. The van der Waals surface area contributed by atoms with Gasteiger partial charge in [-0.2, -0.15) is 4.99 Å². The number of amides is 1. The molecule has 0 atom stereocenters. The fraction of sp³-hybridized carbons (Fsp3) is 0.406. The predicted molar refractivity (Wildman–Crippen MR) is 161 cm³/mol. The molecule has 9 nitrogen and oxygen atoms in total. The average Bonchev–Trinajstić information content (AvgIpc) is 2.95. The van der Waals surface area contributed by atoms with Gasteiger partial charge >= 0.3 is 0 Å². The molecule has 3 N–H and O–H groups in total. The van der Waals surface area contributed by atoms with Crippen LogP contribution in [0.15, 0.2) is 77.1 Å². The minimum Gasteiger partial charge on any atom is -0.437 e. The van der Waals surface area contributed by atoms with E-state index < -0.39 is 5.60 Å². The summed E-state index contributed by atoms with van der Waals surface area (Å²) >= 11 is 0. The summed E-state index contributed by atoms with van der Waals surface area (Å²) in [4.78, 5) is 23.7. The number of aryl methyl sites for hydroxylation is 1. The third-order valence-electron chi connectivity index (χ3n) is 7.03. The van der Waals surface area contributed by atoms with Gasteiger partial charge in [0.2, 0.25) is 5.90 Å². The Hall–Kier alpha value is -3.95. The molecule has 0 radical (unpaired) electrons. The Morgan fingerprint density at radius 3 is 2.68 bits per heavy atom. The predicted octanol–water partition coefficient (Wildman–Crippen LogP) is 4.56. The second-order valence-electron chi connectivity index (χ2n) is 10.8. The minimum atomic E-state index is -0.864. The van der Waals surface area contributed by atoms with E-state index in [9.17, 15) is 9.90 Å². The van der Waals surface area contributed by atoms with E-state index in [1.54, 1.807) is 18.5 Å². The standard InChI is InChI=1S/C32H41N5O4/c1-6-13-34-31(38)26-10-9-24(18-23(26)4)27(17-22(2)3)30-36-29(41-25-8-7-14-33-20-25)19-28(37(30)5)35-21-32(39)11-15-40-16-12-32/h7-10,14,17-20,35,39H,6,11-13,15-16,21H2,1-5H3,(H,34,38)/b30-27+. The van der Waals surface area contributed by atoms with E-state index in [1.165, 1.54) is 0 Å². The van der Waals surface area contributed by atoms with E-state index in [1.807, 2.05) is 70.0 Å². The molecule has 0 unspecified atom stereocenters. The van der Waals surface area contributed by atoms with Gasteiger partial charge in [0.15, 0.2) is 0 Å². The number of aliphatic hydroxyl groups is 1. The highest BCUT2D eigenvalue weighted by molar-refractivity contribution is 5.97. The second kappa shape index (κ2) is 13.6. The third-order valence-corrected chi connectivity index (χ3v) is 7.03. The quantitative estimate of drug-likeness (QED) is 0.413. The number of hydrogen-bond acceptors (Lipinski definition) is 8. The molecule has 0 spiro atoms. The van der Waals surface area contributed by atoms with Crippen molar-refractivity contribution in [3.05, 3.63) is 88.8 Å². The number of benzene rings is 1. The lowest BCUT2D eigenvalue weighted by molar-refractivity contribution is -0.0609. The van der Waals surface area contributed by atoms with E-state index in [-0.39, 0.29) is 5.91 Å². The lowest BCUT2D eigenvalue weighted by Crippen LogP contribution is -2.47. The second-order valence-corrected chi connectivity index (χ2v) is 10.8. The Morgan fingerprint density at radius 1 is 1.24 bits per heavy atom. The third kappa shape index (κ3) is 7.83. The van der Waals surface area contributed by atoms with Gasteiger partial charge in [-0.15, -0.1) is 0 Å². The van der Waals surface area contributed by atoms with Crippen molar-refractivity contribution in [1.29, 1.82) is 0 Å². The summed E-state index contributed by atoms with van der Waals surface area (Å²) in [5, 5.41) is 17.5. The van der Waals surface area contributed by atoms with Crippen LogP contribution in [-0.2, 0) is 4.74 Å². The lowest BCUT2D eigenvalue weighted by atomic mass is 9.94. The van der Waals surface area contributed by atoms with Gasteiger partial charge in [0.05, 0.1) is 11.8 Å². The van der Waals surface area contributed by atoms with Crippen molar-refractivity contribution in [2.75, 3.05) is 33.4 Å². The van der Waals surface area contributed by atoms with Gasteiger partial charge in [-0.05, 0) is 56.5 Å². The molecule has 41 heavy (non-hydrogen) atoms. The number of nitrogens with zero attached hydrogens (tertiary/aromatic N) is 3. The van der Waals surface area contributed by atoms with Crippen molar-refractivity contribution in [3.63, 3.8) is 0 Å². The average molecular weight is 560 g/mol. The van der Waals surface area contributed by atoms with Crippen LogP contribution in [0.2, 0.25) is 0 Å². The normalized spacial score (nSPS) is 17.7. The van der Waals surface area contributed by atoms with E-state index >= 15 is 0 Å². The zero-order valence-electron chi connectivity index (χ0n) is 24.7. The molecule has 9 heteroatoms. The Morgan fingerprint density at radius 2 is 2.02 bits per heavy atom. The molecule has 1 fully saturated rings.